The van der Waals surface area contributed by atoms with Gasteiger partial charge in [-0.25, -0.2) is 4.98 Å². The number of H-pyrrole nitrogens is 1. The predicted octanol–water partition coefficient (Wildman–Crippen LogP) is 3.20. The quantitative estimate of drug-likeness (QED) is 0.310. The first-order valence-corrected chi connectivity index (χ1v) is 11.9. The standard InChI is InChI=1S/C27H32N4O5/c1-18(2)30-16-22(32)17-36-24-7-5-23(6-8-24)34-11-4-12-35-26-14-20(9-10-29-26)25-13-21(15-28)27(33)31-19(25)3/h5-10,13-14,18,22,30,32H,4,11-12,16-17H2,1-3H3,(H,31,33)/t22-/m0/s1. The van der Waals surface area contributed by atoms with Crippen LogP contribution in [0.1, 0.15) is 31.5 Å². The number of ether oxygens (including phenoxy) is 3. The first kappa shape index (κ1) is 26.7. The molecule has 0 bridgehead atoms. The van der Waals surface area contributed by atoms with E-state index in [2.05, 4.69) is 15.3 Å². The molecule has 9 heteroatoms. The van der Waals surface area contributed by atoms with Gasteiger partial charge in [0.2, 0.25) is 5.88 Å². The third-order valence-corrected chi connectivity index (χ3v) is 5.24. The lowest BCUT2D eigenvalue weighted by molar-refractivity contribution is 0.104. The third-order valence-electron chi connectivity index (χ3n) is 5.24. The molecule has 0 aliphatic heterocycles. The molecule has 9 nitrogen and oxygen atoms in total. The average Bonchev–Trinajstić information content (AvgIpc) is 2.87. The first-order valence-electron chi connectivity index (χ1n) is 11.9. The van der Waals surface area contributed by atoms with Gasteiger partial charge in [-0.05, 0) is 48.9 Å². The summed E-state index contributed by atoms with van der Waals surface area (Å²) in [4.78, 5) is 18.7. The molecule has 0 aliphatic rings. The Morgan fingerprint density at radius 2 is 1.78 bits per heavy atom. The minimum Gasteiger partial charge on any atom is -0.493 e. The Hall–Kier alpha value is -3.87. The van der Waals surface area contributed by atoms with Crippen molar-refractivity contribution in [2.75, 3.05) is 26.4 Å². The molecule has 3 aromatic rings. The molecule has 3 N–H and O–H groups in total. The predicted molar refractivity (Wildman–Crippen MR) is 136 cm³/mol. The minimum absolute atomic E-state index is 0.0585. The minimum atomic E-state index is -0.575. The second-order valence-corrected chi connectivity index (χ2v) is 8.60. The van der Waals surface area contributed by atoms with Gasteiger partial charge < -0.3 is 29.6 Å². The molecule has 190 valence electrons. The van der Waals surface area contributed by atoms with Crippen LogP contribution in [0.25, 0.3) is 11.1 Å². The van der Waals surface area contributed by atoms with Crippen molar-refractivity contribution in [2.45, 2.75) is 39.3 Å². The monoisotopic (exact) mass is 492 g/mol. The van der Waals surface area contributed by atoms with E-state index in [0.29, 0.717) is 55.3 Å². The zero-order valence-electron chi connectivity index (χ0n) is 20.8. The van der Waals surface area contributed by atoms with Crippen LogP contribution < -0.4 is 25.1 Å². The van der Waals surface area contributed by atoms with Crippen LogP contribution in [0.4, 0.5) is 0 Å². The highest BCUT2D eigenvalue weighted by atomic mass is 16.5. The summed E-state index contributed by atoms with van der Waals surface area (Å²) < 4.78 is 17.1. The summed E-state index contributed by atoms with van der Waals surface area (Å²) in [6, 6.07) is 14.6. The maximum atomic E-state index is 11.8. The Morgan fingerprint density at radius 1 is 1.08 bits per heavy atom. The van der Waals surface area contributed by atoms with Gasteiger partial charge in [0.25, 0.3) is 5.56 Å². The summed E-state index contributed by atoms with van der Waals surface area (Å²) in [5.74, 6) is 1.83. The van der Waals surface area contributed by atoms with E-state index in [4.69, 9.17) is 19.5 Å². The third kappa shape index (κ3) is 8.12. The normalized spacial score (nSPS) is 11.7. The van der Waals surface area contributed by atoms with Gasteiger partial charge in [0.15, 0.2) is 0 Å². The molecule has 36 heavy (non-hydrogen) atoms. The van der Waals surface area contributed by atoms with Gasteiger partial charge in [0.1, 0.15) is 35.8 Å². The molecular weight excluding hydrogens is 460 g/mol. The number of hydrogen-bond acceptors (Lipinski definition) is 8. The SMILES string of the molecule is Cc1[nH]c(=O)c(C#N)cc1-c1ccnc(OCCCOc2ccc(OC[C@@H](O)CNC(C)C)cc2)c1. The number of hydrogen-bond donors (Lipinski definition) is 3. The van der Waals surface area contributed by atoms with Gasteiger partial charge in [-0.2, -0.15) is 5.26 Å². The topological polar surface area (TPSA) is 129 Å². The second kappa shape index (κ2) is 13.3. The van der Waals surface area contributed by atoms with Crippen LogP contribution >= 0.6 is 0 Å². The summed E-state index contributed by atoms with van der Waals surface area (Å²) in [5.41, 5.74) is 1.87. The lowest BCUT2D eigenvalue weighted by atomic mass is 10.0. The van der Waals surface area contributed by atoms with Gasteiger partial charge in [0.05, 0.1) is 13.2 Å². The molecule has 0 saturated heterocycles. The van der Waals surface area contributed by atoms with Crippen molar-refractivity contribution in [3.63, 3.8) is 0 Å². The van der Waals surface area contributed by atoms with Gasteiger partial charge in [-0.15, -0.1) is 0 Å². The number of pyridine rings is 2. The van der Waals surface area contributed by atoms with E-state index in [9.17, 15) is 9.90 Å². The van der Waals surface area contributed by atoms with Crippen LogP contribution in [0, 0.1) is 18.3 Å². The zero-order valence-corrected chi connectivity index (χ0v) is 20.8. The summed E-state index contributed by atoms with van der Waals surface area (Å²) in [6.45, 7) is 7.40. The molecule has 0 unspecified atom stereocenters. The van der Waals surface area contributed by atoms with Crippen molar-refractivity contribution >= 4 is 0 Å². The highest BCUT2D eigenvalue weighted by Crippen LogP contribution is 2.24. The highest BCUT2D eigenvalue weighted by molar-refractivity contribution is 5.67. The van der Waals surface area contributed by atoms with Crippen molar-refractivity contribution in [1.29, 1.82) is 5.26 Å². The fourth-order valence-corrected chi connectivity index (χ4v) is 3.34. The number of aromatic nitrogens is 2. The highest BCUT2D eigenvalue weighted by Gasteiger charge is 2.09. The molecule has 0 amide bonds. The van der Waals surface area contributed by atoms with E-state index in [0.717, 1.165) is 11.1 Å². The summed E-state index contributed by atoms with van der Waals surface area (Å²) in [6.07, 6.45) is 1.70. The molecule has 0 saturated carbocycles. The van der Waals surface area contributed by atoms with E-state index in [1.807, 2.05) is 32.0 Å². The van der Waals surface area contributed by atoms with Crippen LogP contribution in [0.5, 0.6) is 17.4 Å². The lowest BCUT2D eigenvalue weighted by Crippen LogP contribution is -2.35. The van der Waals surface area contributed by atoms with Crippen LogP contribution in [-0.2, 0) is 0 Å². The molecule has 0 radical (unpaired) electrons. The van der Waals surface area contributed by atoms with Gasteiger partial charge in [-0.1, -0.05) is 13.8 Å². The molecule has 3 rings (SSSR count). The Balaban J connectivity index is 1.42. The molecule has 2 heterocycles. The van der Waals surface area contributed by atoms with Crippen LogP contribution in [0.15, 0.2) is 53.5 Å². The van der Waals surface area contributed by atoms with Crippen molar-refractivity contribution in [3.8, 4) is 34.6 Å². The maximum Gasteiger partial charge on any atom is 0.266 e. The Kier molecular flexibility index (Phi) is 9.86. The Labute approximate surface area is 210 Å². The fourth-order valence-electron chi connectivity index (χ4n) is 3.34. The van der Waals surface area contributed by atoms with E-state index in [1.54, 1.807) is 43.5 Å². The fraction of sp³-hybridized carbons (Fsp3) is 0.370. The van der Waals surface area contributed by atoms with Crippen molar-refractivity contribution in [3.05, 3.63) is 70.3 Å². The number of aliphatic hydroxyl groups is 1. The number of aromatic amines is 1. The number of aliphatic hydroxyl groups excluding tert-OH is 1. The largest absolute Gasteiger partial charge is 0.493 e. The molecular formula is C27H32N4O5. The average molecular weight is 493 g/mol. The van der Waals surface area contributed by atoms with Crippen LogP contribution in [-0.4, -0.2) is 53.6 Å². The molecule has 2 aromatic heterocycles. The van der Waals surface area contributed by atoms with Crippen LogP contribution in [0.2, 0.25) is 0 Å². The number of rotatable bonds is 13. The van der Waals surface area contributed by atoms with Crippen molar-refractivity contribution in [1.82, 2.24) is 15.3 Å². The van der Waals surface area contributed by atoms with E-state index in [1.165, 1.54) is 0 Å². The maximum absolute atomic E-state index is 11.8. The lowest BCUT2D eigenvalue weighted by Gasteiger charge is -2.15. The number of benzene rings is 1. The van der Waals surface area contributed by atoms with Crippen molar-refractivity contribution in [2.24, 2.45) is 0 Å². The molecule has 0 aliphatic carbocycles. The number of aryl methyl sites for hydroxylation is 1. The number of nitrogens with zero attached hydrogens (tertiary/aromatic N) is 2. The summed E-state index contributed by atoms with van der Waals surface area (Å²) >= 11 is 0. The number of nitriles is 1. The zero-order chi connectivity index (χ0) is 25.9. The van der Waals surface area contributed by atoms with Crippen molar-refractivity contribution < 1.29 is 19.3 Å². The van der Waals surface area contributed by atoms with Gasteiger partial charge >= 0.3 is 0 Å². The summed E-state index contributed by atoms with van der Waals surface area (Å²) in [5, 5.41) is 22.2. The van der Waals surface area contributed by atoms with Gasteiger partial charge in [0, 0.05) is 42.5 Å². The Bertz CT molecular complexity index is 1220. The molecule has 1 aromatic carbocycles. The van der Waals surface area contributed by atoms with E-state index >= 15 is 0 Å². The van der Waals surface area contributed by atoms with E-state index < -0.39 is 11.7 Å². The summed E-state index contributed by atoms with van der Waals surface area (Å²) in [7, 11) is 0. The molecule has 0 spiro atoms. The number of nitrogens with one attached hydrogen (secondary N) is 2. The smallest absolute Gasteiger partial charge is 0.266 e. The first-order chi connectivity index (χ1) is 17.4. The molecule has 1 atom stereocenters. The van der Waals surface area contributed by atoms with Crippen LogP contribution in [0.3, 0.4) is 0 Å². The second-order valence-electron chi connectivity index (χ2n) is 8.60. The van der Waals surface area contributed by atoms with Gasteiger partial charge in [-0.3, -0.25) is 4.79 Å². The van der Waals surface area contributed by atoms with E-state index in [-0.39, 0.29) is 12.2 Å². The molecule has 0 fully saturated rings. The Morgan fingerprint density at radius 3 is 2.47 bits per heavy atom.